The zero-order valence-corrected chi connectivity index (χ0v) is 19.9. The molecule has 1 aromatic rings. The number of halogens is 1. The average Bonchev–Trinajstić information content (AvgIpc) is 2.77. The third-order valence-electron chi connectivity index (χ3n) is 5.29. The van der Waals surface area contributed by atoms with Crippen LogP contribution in [0.2, 0.25) is 0 Å². The predicted molar refractivity (Wildman–Crippen MR) is 128 cm³/mol. The van der Waals surface area contributed by atoms with Gasteiger partial charge in [0, 0.05) is 71.9 Å². The summed E-state index contributed by atoms with van der Waals surface area (Å²) in [7, 11) is 0. The minimum absolute atomic E-state index is 0. The summed E-state index contributed by atoms with van der Waals surface area (Å²) in [5, 5.41) is 3.44. The number of pyridine rings is 1. The van der Waals surface area contributed by atoms with Gasteiger partial charge >= 0.3 is 0 Å². The summed E-state index contributed by atoms with van der Waals surface area (Å²) < 4.78 is 11.2. The maximum atomic E-state index is 5.85. The number of nitrogens with one attached hydrogen (secondary N) is 1. The Labute approximate surface area is 192 Å². The van der Waals surface area contributed by atoms with Crippen LogP contribution in [0.1, 0.15) is 26.2 Å². The molecule has 0 bridgehead atoms. The van der Waals surface area contributed by atoms with Gasteiger partial charge in [-0.15, -0.1) is 24.0 Å². The molecule has 0 unspecified atom stereocenters. The second-order valence-corrected chi connectivity index (χ2v) is 7.38. The SMILES string of the molecule is CCNC(=NCCCOCC1CCOCC1)N1CCN(c2ccccn2)CC1.I. The van der Waals surface area contributed by atoms with Gasteiger partial charge in [0.1, 0.15) is 5.82 Å². The lowest BCUT2D eigenvalue weighted by Gasteiger charge is -2.37. The van der Waals surface area contributed by atoms with E-state index in [1.807, 2.05) is 18.3 Å². The number of aliphatic imine (C=N–C) groups is 1. The molecule has 1 aromatic heterocycles. The lowest BCUT2D eigenvalue weighted by molar-refractivity contribution is 0.0205. The number of anilines is 1. The molecule has 0 aliphatic carbocycles. The first-order valence-corrected chi connectivity index (χ1v) is 10.7. The first-order chi connectivity index (χ1) is 13.9. The molecule has 3 heterocycles. The van der Waals surface area contributed by atoms with Gasteiger partial charge in [0.15, 0.2) is 5.96 Å². The highest BCUT2D eigenvalue weighted by Gasteiger charge is 2.20. The van der Waals surface area contributed by atoms with Crippen molar-refractivity contribution >= 4 is 35.8 Å². The van der Waals surface area contributed by atoms with Crippen LogP contribution in [0.15, 0.2) is 29.4 Å². The van der Waals surface area contributed by atoms with Crippen molar-refractivity contribution in [3.05, 3.63) is 24.4 Å². The quantitative estimate of drug-likeness (QED) is 0.248. The molecule has 0 spiro atoms. The van der Waals surface area contributed by atoms with E-state index >= 15 is 0 Å². The number of hydrogen-bond donors (Lipinski definition) is 1. The predicted octanol–water partition coefficient (Wildman–Crippen LogP) is 2.62. The molecular formula is C21H36IN5O2. The average molecular weight is 517 g/mol. The molecule has 0 radical (unpaired) electrons. The Balaban J connectivity index is 0.00000300. The fourth-order valence-corrected chi connectivity index (χ4v) is 3.63. The van der Waals surface area contributed by atoms with Crippen LogP contribution in [0.25, 0.3) is 0 Å². The van der Waals surface area contributed by atoms with Crippen molar-refractivity contribution in [3.8, 4) is 0 Å². The molecule has 0 saturated carbocycles. The van der Waals surface area contributed by atoms with Gasteiger partial charge in [0.2, 0.25) is 0 Å². The van der Waals surface area contributed by atoms with Crippen LogP contribution in [0.5, 0.6) is 0 Å². The highest BCUT2D eigenvalue weighted by molar-refractivity contribution is 14.0. The number of rotatable bonds is 8. The summed E-state index contributed by atoms with van der Waals surface area (Å²) in [5.74, 6) is 2.75. The molecule has 164 valence electrons. The molecule has 8 heteroatoms. The molecule has 3 rings (SSSR count). The van der Waals surface area contributed by atoms with E-state index in [1.165, 1.54) is 0 Å². The molecule has 0 aromatic carbocycles. The van der Waals surface area contributed by atoms with Gasteiger partial charge in [-0.2, -0.15) is 0 Å². The Hall–Kier alpha value is -1.13. The zero-order valence-electron chi connectivity index (χ0n) is 17.6. The molecule has 29 heavy (non-hydrogen) atoms. The lowest BCUT2D eigenvalue weighted by Crippen LogP contribution is -2.52. The highest BCUT2D eigenvalue weighted by atomic mass is 127. The van der Waals surface area contributed by atoms with Crippen molar-refractivity contribution in [1.29, 1.82) is 0 Å². The summed E-state index contributed by atoms with van der Waals surface area (Å²) >= 11 is 0. The Morgan fingerprint density at radius 1 is 1.24 bits per heavy atom. The Morgan fingerprint density at radius 3 is 2.72 bits per heavy atom. The number of piperazine rings is 1. The third kappa shape index (κ3) is 8.25. The number of ether oxygens (including phenoxy) is 2. The third-order valence-corrected chi connectivity index (χ3v) is 5.29. The molecule has 2 aliphatic rings. The first kappa shape index (κ1) is 24.1. The highest BCUT2D eigenvalue weighted by Crippen LogP contribution is 2.15. The molecule has 1 N–H and O–H groups in total. The van der Waals surface area contributed by atoms with Gasteiger partial charge in [-0.25, -0.2) is 4.98 Å². The van der Waals surface area contributed by atoms with Gasteiger partial charge in [0.25, 0.3) is 0 Å². The summed E-state index contributed by atoms with van der Waals surface area (Å²) in [6.45, 7) is 11.1. The maximum absolute atomic E-state index is 5.85. The van der Waals surface area contributed by atoms with Crippen LogP contribution >= 0.6 is 24.0 Å². The van der Waals surface area contributed by atoms with Crippen molar-refractivity contribution in [2.75, 3.05) is 70.6 Å². The fourth-order valence-electron chi connectivity index (χ4n) is 3.63. The van der Waals surface area contributed by atoms with Crippen LogP contribution in [-0.2, 0) is 9.47 Å². The van der Waals surface area contributed by atoms with Crippen LogP contribution in [0.3, 0.4) is 0 Å². The summed E-state index contributed by atoms with van der Waals surface area (Å²) in [5.41, 5.74) is 0. The standard InChI is InChI=1S/C21H35N5O2.HI/c1-2-22-21(24-10-5-15-28-18-19-7-16-27-17-8-19)26-13-11-25(12-14-26)20-6-3-4-9-23-20;/h3-4,6,9,19H,2,5,7-8,10-18H2,1H3,(H,22,24);1H. The lowest BCUT2D eigenvalue weighted by atomic mass is 10.0. The summed E-state index contributed by atoms with van der Waals surface area (Å²) in [4.78, 5) is 14.0. The second kappa shape index (κ2) is 14.0. The van der Waals surface area contributed by atoms with E-state index < -0.39 is 0 Å². The van der Waals surface area contributed by atoms with Crippen LogP contribution in [-0.4, -0.2) is 81.5 Å². The van der Waals surface area contributed by atoms with Crippen molar-refractivity contribution in [1.82, 2.24) is 15.2 Å². The molecular weight excluding hydrogens is 481 g/mol. The van der Waals surface area contributed by atoms with E-state index in [-0.39, 0.29) is 24.0 Å². The van der Waals surface area contributed by atoms with E-state index in [9.17, 15) is 0 Å². The second-order valence-electron chi connectivity index (χ2n) is 7.38. The number of hydrogen-bond acceptors (Lipinski definition) is 5. The first-order valence-electron chi connectivity index (χ1n) is 10.7. The van der Waals surface area contributed by atoms with Gasteiger partial charge < -0.3 is 24.6 Å². The largest absolute Gasteiger partial charge is 0.381 e. The number of guanidine groups is 1. The van der Waals surface area contributed by atoms with Crippen LogP contribution in [0.4, 0.5) is 5.82 Å². The number of aromatic nitrogens is 1. The number of nitrogens with zero attached hydrogens (tertiary/aromatic N) is 4. The molecule has 2 saturated heterocycles. The maximum Gasteiger partial charge on any atom is 0.194 e. The summed E-state index contributed by atoms with van der Waals surface area (Å²) in [6, 6.07) is 6.09. The smallest absolute Gasteiger partial charge is 0.194 e. The van der Waals surface area contributed by atoms with Gasteiger partial charge in [0.05, 0.1) is 0 Å². The molecule has 2 fully saturated rings. The van der Waals surface area contributed by atoms with Crippen molar-refractivity contribution in [2.24, 2.45) is 10.9 Å². The van der Waals surface area contributed by atoms with Crippen molar-refractivity contribution in [2.45, 2.75) is 26.2 Å². The van der Waals surface area contributed by atoms with Gasteiger partial charge in [-0.1, -0.05) is 6.07 Å². The van der Waals surface area contributed by atoms with Gasteiger partial charge in [-0.05, 0) is 44.2 Å². The van der Waals surface area contributed by atoms with E-state index in [4.69, 9.17) is 14.5 Å². The Kier molecular flexibility index (Phi) is 11.6. The molecule has 0 amide bonds. The van der Waals surface area contributed by atoms with E-state index in [1.54, 1.807) is 0 Å². The van der Waals surface area contributed by atoms with Crippen LogP contribution < -0.4 is 10.2 Å². The molecule has 7 nitrogen and oxygen atoms in total. The minimum atomic E-state index is 0. The Bertz CT molecular complexity index is 576. The van der Waals surface area contributed by atoms with Gasteiger partial charge in [-0.3, -0.25) is 4.99 Å². The molecule has 2 aliphatic heterocycles. The monoisotopic (exact) mass is 517 g/mol. The van der Waals surface area contributed by atoms with E-state index in [2.05, 4.69) is 33.1 Å². The minimum Gasteiger partial charge on any atom is -0.381 e. The van der Waals surface area contributed by atoms with Crippen LogP contribution in [0, 0.1) is 5.92 Å². The summed E-state index contributed by atoms with van der Waals surface area (Å²) in [6.07, 6.45) is 5.09. The van der Waals surface area contributed by atoms with Crippen molar-refractivity contribution < 1.29 is 9.47 Å². The van der Waals surface area contributed by atoms with Crippen molar-refractivity contribution in [3.63, 3.8) is 0 Å². The molecule has 0 atom stereocenters. The van der Waals surface area contributed by atoms with E-state index in [0.29, 0.717) is 5.92 Å². The topological polar surface area (TPSA) is 62.2 Å². The Morgan fingerprint density at radius 2 is 2.03 bits per heavy atom. The fraction of sp³-hybridized carbons (Fsp3) is 0.714. The zero-order chi connectivity index (χ0) is 19.4. The van der Waals surface area contributed by atoms with E-state index in [0.717, 1.165) is 96.7 Å². The normalized spacial score (nSPS) is 18.4.